The van der Waals surface area contributed by atoms with Crippen LogP contribution in [0.1, 0.15) is 33.3 Å². The minimum atomic E-state index is -0.0488. The summed E-state index contributed by atoms with van der Waals surface area (Å²) in [4.78, 5) is 21.6. The number of allylic oxidation sites excluding steroid dienone is 2. The van der Waals surface area contributed by atoms with Gasteiger partial charge in [0.15, 0.2) is 0 Å². The molecule has 1 heterocycles. The minimum absolute atomic E-state index is 0.0488. The first-order valence-corrected chi connectivity index (χ1v) is 6.41. The van der Waals surface area contributed by atoms with E-state index in [-0.39, 0.29) is 5.91 Å². The average molecular weight is 271 g/mol. The van der Waals surface area contributed by atoms with E-state index in [1.54, 1.807) is 24.3 Å². The second-order valence-corrected chi connectivity index (χ2v) is 4.81. The third kappa shape index (κ3) is 3.88. The van der Waals surface area contributed by atoms with Crippen molar-refractivity contribution in [1.29, 1.82) is 0 Å². The first-order chi connectivity index (χ1) is 9.34. The second kappa shape index (κ2) is 6.80. The third-order valence-electron chi connectivity index (χ3n) is 2.98. The summed E-state index contributed by atoms with van der Waals surface area (Å²) in [6.07, 6.45) is 3.44. The van der Waals surface area contributed by atoms with Crippen LogP contribution in [-0.2, 0) is 4.79 Å². The highest BCUT2D eigenvalue weighted by Gasteiger charge is 2.11. The van der Waals surface area contributed by atoms with E-state index in [1.807, 2.05) is 32.9 Å². The highest BCUT2D eigenvalue weighted by molar-refractivity contribution is 6.22. The van der Waals surface area contributed by atoms with Gasteiger partial charge < -0.3 is 4.90 Å². The molecule has 0 saturated carbocycles. The normalized spacial score (nSPS) is 10.9. The molecule has 4 heteroatoms. The van der Waals surface area contributed by atoms with Crippen LogP contribution in [0.5, 0.6) is 0 Å². The second-order valence-electron chi connectivity index (χ2n) is 4.81. The Labute approximate surface area is 120 Å². The van der Waals surface area contributed by atoms with Crippen molar-refractivity contribution in [2.75, 3.05) is 7.05 Å². The standard InChI is InChI=1S/C16H21N3O/c1-11(2)16(19(6)14(5)20)18-13(4)12(3)15-7-9-17-10-8-15/h7-10H,3H2,1-2,4-6H3/b18-13+. The zero-order valence-corrected chi connectivity index (χ0v) is 12.8. The van der Waals surface area contributed by atoms with Crippen molar-refractivity contribution in [2.45, 2.75) is 27.7 Å². The van der Waals surface area contributed by atoms with Gasteiger partial charge in [-0.25, -0.2) is 4.99 Å². The van der Waals surface area contributed by atoms with Gasteiger partial charge in [-0.1, -0.05) is 6.58 Å². The molecule has 0 fully saturated rings. The summed E-state index contributed by atoms with van der Waals surface area (Å²) >= 11 is 0. The number of aromatic nitrogens is 1. The maximum atomic E-state index is 11.5. The first kappa shape index (κ1) is 15.8. The lowest BCUT2D eigenvalue weighted by atomic mass is 10.1. The topological polar surface area (TPSA) is 45.6 Å². The molecule has 1 amide bonds. The summed E-state index contributed by atoms with van der Waals surface area (Å²) in [5.41, 5.74) is 3.55. The van der Waals surface area contributed by atoms with Crippen LogP contribution in [0.3, 0.4) is 0 Å². The number of hydrogen-bond donors (Lipinski definition) is 0. The molecule has 1 rings (SSSR count). The van der Waals surface area contributed by atoms with Gasteiger partial charge in [-0.05, 0) is 49.6 Å². The molecule has 0 radical (unpaired) electrons. The van der Waals surface area contributed by atoms with Gasteiger partial charge in [0.25, 0.3) is 0 Å². The quantitative estimate of drug-likeness (QED) is 0.789. The Balaban J connectivity index is 3.11. The Morgan fingerprint density at radius 3 is 2.20 bits per heavy atom. The van der Waals surface area contributed by atoms with E-state index in [4.69, 9.17) is 0 Å². The van der Waals surface area contributed by atoms with Crippen LogP contribution in [0.4, 0.5) is 0 Å². The van der Waals surface area contributed by atoms with Gasteiger partial charge in [-0.2, -0.15) is 0 Å². The molecule has 0 bridgehead atoms. The average Bonchev–Trinajstić information content (AvgIpc) is 2.43. The number of nitrogens with zero attached hydrogens (tertiary/aromatic N) is 3. The fraction of sp³-hybridized carbons (Fsp3) is 0.312. The van der Waals surface area contributed by atoms with E-state index in [1.165, 1.54) is 6.92 Å². The zero-order valence-electron chi connectivity index (χ0n) is 12.8. The number of hydrogen-bond acceptors (Lipinski definition) is 3. The molecule has 0 aromatic carbocycles. The van der Waals surface area contributed by atoms with Crippen molar-refractivity contribution in [3.05, 3.63) is 48.1 Å². The van der Waals surface area contributed by atoms with Gasteiger partial charge in [0.1, 0.15) is 5.82 Å². The van der Waals surface area contributed by atoms with Crippen molar-refractivity contribution >= 4 is 17.2 Å². The number of aliphatic imine (C=N–C) groups is 1. The molecule has 0 unspecified atom stereocenters. The van der Waals surface area contributed by atoms with E-state index in [9.17, 15) is 4.79 Å². The van der Waals surface area contributed by atoms with Crippen LogP contribution in [0.15, 0.2) is 47.5 Å². The summed E-state index contributed by atoms with van der Waals surface area (Å²) < 4.78 is 0. The number of pyridine rings is 1. The smallest absolute Gasteiger partial charge is 0.224 e. The van der Waals surface area contributed by atoms with Gasteiger partial charge in [0.2, 0.25) is 5.91 Å². The minimum Gasteiger partial charge on any atom is -0.300 e. The molecule has 20 heavy (non-hydrogen) atoms. The van der Waals surface area contributed by atoms with E-state index >= 15 is 0 Å². The highest BCUT2D eigenvalue weighted by atomic mass is 16.2. The van der Waals surface area contributed by atoms with Gasteiger partial charge in [0, 0.05) is 32.1 Å². The number of carbonyl (C=O) groups excluding carboxylic acids is 1. The molecule has 0 aliphatic carbocycles. The Bertz CT molecular complexity index is 567. The van der Waals surface area contributed by atoms with Crippen LogP contribution in [0.25, 0.3) is 5.57 Å². The van der Waals surface area contributed by atoms with Crippen molar-refractivity contribution in [1.82, 2.24) is 9.88 Å². The van der Waals surface area contributed by atoms with E-state index in [0.717, 1.165) is 22.4 Å². The van der Waals surface area contributed by atoms with E-state index < -0.39 is 0 Å². The predicted octanol–water partition coefficient (Wildman–Crippen LogP) is 3.29. The maximum Gasteiger partial charge on any atom is 0.224 e. The van der Waals surface area contributed by atoms with Crippen molar-refractivity contribution < 1.29 is 4.79 Å². The van der Waals surface area contributed by atoms with E-state index in [0.29, 0.717) is 5.82 Å². The Kier molecular flexibility index (Phi) is 5.38. The fourth-order valence-corrected chi connectivity index (χ4v) is 1.66. The lowest BCUT2D eigenvalue weighted by molar-refractivity contribution is -0.125. The molecular weight excluding hydrogens is 250 g/mol. The van der Waals surface area contributed by atoms with Crippen molar-refractivity contribution in [3.8, 4) is 0 Å². The Morgan fingerprint density at radius 2 is 1.75 bits per heavy atom. The van der Waals surface area contributed by atoms with Crippen LogP contribution < -0.4 is 0 Å². The maximum absolute atomic E-state index is 11.5. The van der Waals surface area contributed by atoms with Crippen LogP contribution in [0, 0.1) is 0 Å². The monoisotopic (exact) mass is 271 g/mol. The van der Waals surface area contributed by atoms with E-state index in [2.05, 4.69) is 16.6 Å². The van der Waals surface area contributed by atoms with Crippen LogP contribution in [-0.4, -0.2) is 28.6 Å². The molecule has 0 N–H and O–H groups in total. The zero-order chi connectivity index (χ0) is 15.3. The molecule has 0 aliphatic heterocycles. The molecule has 106 valence electrons. The fourth-order valence-electron chi connectivity index (χ4n) is 1.66. The molecule has 1 aromatic rings. The molecule has 0 saturated heterocycles. The number of carbonyl (C=O) groups is 1. The van der Waals surface area contributed by atoms with Crippen molar-refractivity contribution in [2.24, 2.45) is 4.99 Å². The number of rotatable bonds is 4. The molecule has 0 aliphatic rings. The summed E-state index contributed by atoms with van der Waals surface area (Å²) in [7, 11) is 1.72. The number of amides is 1. The van der Waals surface area contributed by atoms with Crippen LogP contribution in [0.2, 0.25) is 0 Å². The first-order valence-electron chi connectivity index (χ1n) is 6.41. The molecule has 1 aromatic heterocycles. The lowest BCUT2D eigenvalue weighted by Crippen LogP contribution is -2.23. The third-order valence-corrected chi connectivity index (χ3v) is 2.98. The van der Waals surface area contributed by atoms with Gasteiger partial charge >= 0.3 is 0 Å². The summed E-state index contributed by atoms with van der Waals surface area (Å²) in [5.74, 6) is 0.609. The lowest BCUT2D eigenvalue weighted by Gasteiger charge is -2.18. The van der Waals surface area contributed by atoms with Crippen LogP contribution >= 0.6 is 0 Å². The van der Waals surface area contributed by atoms with Gasteiger partial charge in [-0.15, -0.1) is 0 Å². The summed E-state index contributed by atoms with van der Waals surface area (Å²) in [6.45, 7) is 11.3. The molecule has 0 spiro atoms. The Morgan fingerprint density at radius 1 is 1.20 bits per heavy atom. The summed E-state index contributed by atoms with van der Waals surface area (Å²) in [6, 6.07) is 3.77. The SMILES string of the molecule is C=C(/C(C)=N/C(=C(C)C)N(C)C(C)=O)c1ccncc1. The molecular formula is C16H21N3O. The Hall–Kier alpha value is -2.23. The van der Waals surface area contributed by atoms with Gasteiger partial charge in [-0.3, -0.25) is 9.78 Å². The van der Waals surface area contributed by atoms with Crippen molar-refractivity contribution in [3.63, 3.8) is 0 Å². The summed E-state index contributed by atoms with van der Waals surface area (Å²) in [5, 5.41) is 0. The predicted molar refractivity (Wildman–Crippen MR) is 83.2 cm³/mol. The highest BCUT2D eigenvalue weighted by Crippen LogP contribution is 2.17. The molecule has 4 nitrogen and oxygen atoms in total. The van der Waals surface area contributed by atoms with Gasteiger partial charge in [0.05, 0.1) is 0 Å². The largest absolute Gasteiger partial charge is 0.300 e. The molecule has 0 atom stereocenters.